The number of rotatable bonds is 4. The van der Waals surface area contributed by atoms with Gasteiger partial charge in [0.2, 0.25) is 0 Å². The van der Waals surface area contributed by atoms with Crippen LogP contribution in [0, 0.1) is 0 Å². The summed E-state index contributed by atoms with van der Waals surface area (Å²) in [5, 5.41) is 20.7. The van der Waals surface area contributed by atoms with Crippen LogP contribution in [0.3, 0.4) is 0 Å². The second kappa shape index (κ2) is 4.81. The maximum atomic E-state index is 8.86. The largest absolute Gasteiger partial charge is 0.390 e. The van der Waals surface area contributed by atoms with E-state index in [2.05, 4.69) is 16.6 Å². The van der Waals surface area contributed by atoms with Gasteiger partial charge in [-0.3, -0.25) is 0 Å². The Bertz CT molecular complexity index is 153. The highest BCUT2D eigenvalue weighted by Gasteiger charge is 2.09. The van der Waals surface area contributed by atoms with Gasteiger partial charge in [-0.15, -0.1) is 6.58 Å². The molecule has 56 valence electrons. The minimum atomic E-state index is -1.05. The van der Waals surface area contributed by atoms with Crippen molar-refractivity contribution in [3.63, 3.8) is 0 Å². The number of nitrogens with zero attached hydrogens (tertiary/aromatic N) is 3. The Kier molecular flexibility index (Phi) is 4.32. The van der Waals surface area contributed by atoms with Crippen LogP contribution in [0.5, 0.6) is 0 Å². The van der Waals surface area contributed by atoms with Gasteiger partial charge in [-0.25, -0.2) is 0 Å². The van der Waals surface area contributed by atoms with E-state index in [1.807, 2.05) is 0 Å². The van der Waals surface area contributed by atoms with Crippen molar-refractivity contribution >= 4 is 0 Å². The monoisotopic (exact) mass is 143 g/mol. The summed E-state index contributed by atoms with van der Waals surface area (Å²) in [6.45, 7) is 3.11. The molecule has 0 radical (unpaired) electrons. The zero-order valence-corrected chi connectivity index (χ0v) is 5.38. The number of aliphatic hydroxyl groups excluding tert-OH is 2. The van der Waals surface area contributed by atoms with E-state index in [9.17, 15) is 0 Å². The second-order valence-electron chi connectivity index (χ2n) is 1.71. The Morgan fingerprint density at radius 1 is 1.70 bits per heavy atom. The van der Waals surface area contributed by atoms with Gasteiger partial charge in [0, 0.05) is 4.91 Å². The van der Waals surface area contributed by atoms with Crippen molar-refractivity contribution in [2.75, 3.05) is 6.54 Å². The van der Waals surface area contributed by atoms with Crippen LogP contribution in [0.4, 0.5) is 0 Å². The highest BCUT2D eigenvalue weighted by molar-refractivity contribution is 4.85. The van der Waals surface area contributed by atoms with E-state index in [1.165, 1.54) is 6.08 Å². The fourth-order valence-corrected chi connectivity index (χ4v) is 0.385. The molecule has 0 unspecified atom stereocenters. The van der Waals surface area contributed by atoms with E-state index in [-0.39, 0.29) is 6.54 Å². The smallest absolute Gasteiger partial charge is 0.0978 e. The molecular formula is C5H9N3O2. The maximum absolute atomic E-state index is 8.86. The lowest BCUT2D eigenvalue weighted by Gasteiger charge is -2.09. The lowest BCUT2D eigenvalue weighted by Crippen LogP contribution is -2.25. The molecule has 0 spiro atoms. The molecule has 5 nitrogen and oxygen atoms in total. The van der Waals surface area contributed by atoms with Crippen molar-refractivity contribution in [1.29, 1.82) is 0 Å². The van der Waals surface area contributed by atoms with Gasteiger partial charge in [0.1, 0.15) is 0 Å². The Balaban J connectivity index is 3.70. The molecule has 0 aromatic carbocycles. The summed E-state index contributed by atoms with van der Waals surface area (Å²) in [5.41, 5.74) is 7.81. The van der Waals surface area contributed by atoms with E-state index < -0.39 is 12.2 Å². The third kappa shape index (κ3) is 3.09. The van der Waals surface area contributed by atoms with Crippen LogP contribution < -0.4 is 0 Å². The highest BCUT2D eigenvalue weighted by Crippen LogP contribution is 1.94. The first kappa shape index (κ1) is 8.97. The van der Waals surface area contributed by atoms with Crippen LogP contribution in [-0.2, 0) is 0 Å². The van der Waals surface area contributed by atoms with Gasteiger partial charge in [0.25, 0.3) is 0 Å². The van der Waals surface area contributed by atoms with E-state index in [0.29, 0.717) is 0 Å². The number of aliphatic hydroxyl groups is 2. The van der Waals surface area contributed by atoms with Crippen molar-refractivity contribution in [2.24, 2.45) is 5.11 Å². The molecule has 0 bridgehead atoms. The molecule has 0 aliphatic carbocycles. The topological polar surface area (TPSA) is 89.2 Å². The standard InChI is InChI=1S/C5H9N3O2/c1-2-4(9)5(10)3-7-8-6/h2,4-5,9-10H,1,3H2/t4-,5+/m1/s1. The summed E-state index contributed by atoms with van der Waals surface area (Å²) in [6.07, 6.45) is -0.892. The molecule has 0 rings (SSSR count). The fraction of sp³-hybridized carbons (Fsp3) is 0.600. The summed E-state index contributed by atoms with van der Waals surface area (Å²) in [4.78, 5) is 2.41. The Morgan fingerprint density at radius 2 is 2.30 bits per heavy atom. The van der Waals surface area contributed by atoms with E-state index in [1.54, 1.807) is 0 Å². The third-order valence-corrected chi connectivity index (χ3v) is 0.968. The number of hydrogen-bond acceptors (Lipinski definition) is 3. The SMILES string of the molecule is C=C[C@@H](O)[C@@H](O)CN=[N+]=[N-]. The Morgan fingerprint density at radius 3 is 2.70 bits per heavy atom. The molecule has 0 fully saturated rings. The van der Waals surface area contributed by atoms with Crippen LogP contribution in [0.15, 0.2) is 17.8 Å². The minimum Gasteiger partial charge on any atom is -0.390 e. The average molecular weight is 143 g/mol. The zero-order chi connectivity index (χ0) is 7.98. The van der Waals surface area contributed by atoms with Gasteiger partial charge < -0.3 is 10.2 Å². The van der Waals surface area contributed by atoms with Crippen molar-refractivity contribution < 1.29 is 10.2 Å². The molecule has 0 aromatic heterocycles. The first-order valence-corrected chi connectivity index (χ1v) is 2.72. The molecule has 2 atom stereocenters. The number of azide groups is 1. The van der Waals surface area contributed by atoms with Gasteiger partial charge in [-0.2, -0.15) is 0 Å². The molecule has 0 saturated carbocycles. The van der Waals surface area contributed by atoms with Crippen molar-refractivity contribution in [3.05, 3.63) is 23.1 Å². The molecule has 0 saturated heterocycles. The van der Waals surface area contributed by atoms with Crippen molar-refractivity contribution in [1.82, 2.24) is 0 Å². The van der Waals surface area contributed by atoms with Crippen molar-refractivity contribution in [2.45, 2.75) is 12.2 Å². The summed E-state index contributed by atoms with van der Waals surface area (Å²) >= 11 is 0. The van der Waals surface area contributed by atoms with Gasteiger partial charge >= 0.3 is 0 Å². The van der Waals surface area contributed by atoms with Crippen LogP contribution in [0.2, 0.25) is 0 Å². The summed E-state index contributed by atoms with van der Waals surface area (Å²) in [6, 6.07) is 0. The van der Waals surface area contributed by atoms with Crippen molar-refractivity contribution in [3.8, 4) is 0 Å². The van der Waals surface area contributed by atoms with E-state index in [0.717, 1.165) is 0 Å². The molecular weight excluding hydrogens is 134 g/mol. The van der Waals surface area contributed by atoms with Crippen LogP contribution in [0.25, 0.3) is 10.4 Å². The molecule has 0 aliphatic rings. The molecule has 0 aromatic rings. The van der Waals surface area contributed by atoms with E-state index >= 15 is 0 Å². The average Bonchev–Trinajstić information content (AvgIpc) is 1.98. The molecule has 0 aliphatic heterocycles. The quantitative estimate of drug-likeness (QED) is 0.255. The van der Waals surface area contributed by atoms with Gasteiger partial charge in [0.15, 0.2) is 0 Å². The minimum absolute atomic E-state index is 0.135. The molecule has 0 heterocycles. The lowest BCUT2D eigenvalue weighted by molar-refractivity contribution is 0.0553. The summed E-state index contributed by atoms with van der Waals surface area (Å²) < 4.78 is 0. The first-order chi connectivity index (χ1) is 4.72. The zero-order valence-electron chi connectivity index (χ0n) is 5.38. The summed E-state index contributed by atoms with van der Waals surface area (Å²) in [5.74, 6) is 0. The van der Waals surface area contributed by atoms with Crippen LogP contribution >= 0.6 is 0 Å². The summed E-state index contributed by atoms with van der Waals surface area (Å²) in [7, 11) is 0. The molecule has 0 amide bonds. The Hall–Kier alpha value is -1.03. The van der Waals surface area contributed by atoms with E-state index in [4.69, 9.17) is 15.7 Å². The van der Waals surface area contributed by atoms with Crippen LogP contribution in [-0.4, -0.2) is 29.0 Å². The first-order valence-electron chi connectivity index (χ1n) is 2.72. The lowest BCUT2D eigenvalue weighted by atomic mass is 10.2. The van der Waals surface area contributed by atoms with Gasteiger partial charge in [-0.05, 0) is 5.53 Å². The van der Waals surface area contributed by atoms with Crippen LogP contribution in [0.1, 0.15) is 0 Å². The number of hydrogen-bond donors (Lipinski definition) is 2. The fourth-order valence-electron chi connectivity index (χ4n) is 0.385. The molecule has 5 heteroatoms. The highest BCUT2D eigenvalue weighted by atomic mass is 16.3. The Labute approximate surface area is 58.2 Å². The third-order valence-electron chi connectivity index (χ3n) is 0.968. The normalized spacial score (nSPS) is 15.0. The van der Waals surface area contributed by atoms with Gasteiger partial charge in [0.05, 0.1) is 18.8 Å². The molecule has 2 N–H and O–H groups in total. The maximum Gasteiger partial charge on any atom is 0.0978 e. The molecule has 10 heavy (non-hydrogen) atoms. The predicted molar refractivity (Wildman–Crippen MR) is 36.2 cm³/mol. The second-order valence-corrected chi connectivity index (χ2v) is 1.71. The predicted octanol–water partition coefficient (Wildman–Crippen LogP) is 0.204. The van der Waals surface area contributed by atoms with Gasteiger partial charge in [-0.1, -0.05) is 11.2 Å².